The normalized spacial score (nSPS) is 31.2. The third-order valence-corrected chi connectivity index (χ3v) is 10.5. The van der Waals surface area contributed by atoms with Gasteiger partial charge < -0.3 is 10.1 Å². The summed E-state index contributed by atoms with van der Waals surface area (Å²) in [6.45, 7) is 1.45. The fourth-order valence-corrected chi connectivity index (χ4v) is 7.09. The smallest absolute Gasteiger partial charge is 0.308 e. The van der Waals surface area contributed by atoms with Crippen molar-refractivity contribution in [1.82, 2.24) is 4.90 Å². The number of benzene rings is 1. The zero-order chi connectivity index (χ0) is 22.4. The predicted molar refractivity (Wildman–Crippen MR) is 124 cm³/mol. The van der Waals surface area contributed by atoms with Crippen LogP contribution in [0.1, 0.15) is 18.4 Å². The number of nitrogens with one attached hydrogen (secondary N) is 1. The number of imide groups is 1. The summed E-state index contributed by atoms with van der Waals surface area (Å²) in [6, 6.07) is 5.35. The Kier molecular flexibility index (Phi) is 6.61. The molecule has 2 bridgehead atoms. The van der Waals surface area contributed by atoms with E-state index in [1.54, 1.807) is 12.1 Å². The molecule has 3 fully saturated rings. The zero-order valence-corrected chi connectivity index (χ0v) is 21.4. The van der Waals surface area contributed by atoms with E-state index in [0.717, 1.165) is 16.5 Å². The van der Waals surface area contributed by atoms with Gasteiger partial charge in [-0.1, -0.05) is 47.8 Å². The van der Waals surface area contributed by atoms with Crippen LogP contribution in [0, 0.1) is 30.6 Å². The molecule has 6 atom stereocenters. The van der Waals surface area contributed by atoms with Crippen molar-refractivity contribution in [2.75, 3.05) is 18.5 Å². The van der Waals surface area contributed by atoms with Crippen molar-refractivity contribution in [3.63, 3.8) is 0 Å². The van der Waals surface area contributed by atoms with E-state index in [2.05, 4.69) is 53.1 Å². The Hall–Kier alpha value is -1.26. The number of ether oxygens (including phenoxy) is 1. The van der Waals surface area contributed by atoms with Crippen LogP contribution in [0.4, 0.5) is 5.69 Å². The number of likely N-dealkylation sites (tertiary alicyclic amines) is 1. The average Bonchev–Trinajstić information content (AvgIpc) is 3.33. The monoisotopic (exact) mass is 618 g/mol. The van der Waals surface area contributed by atoms with E-state index in [9.17, 15) is 19.2 Å². The molecule has 2 saturated carbocycles. The minimum absolute atomic E-state index is 0.0175. The Labute approximate surface area is 205 Å². The third-order valence-electron chi connectivity index (χ3n) is 6.42. The topological polar surface area (TPSA) is 92.8 Å². The lowest BCUT2D eigenvalue weighted by atomic mass is 9.81. The van der Waals surface area contributed by atoms with Gasteiger partial charge in [-0.15, -0.1) is 0 Å². The van der Waals surface area contributed by atoms with Crippen LogP contribution in [0.2, 0.25) is 0 Å². The van der Waals surface area contributed by atoms with Crippen molar-refractivity contribution in [3.8, 4) is 0 Å². The minimum atomic E-state index is -0.625. The number of halogens is 3. The van der Waals surface area contributed by atoms with Gasteiger partial charge in [0.25, 0.3) is 5.91 Å². The molecule has 10 heteroatoms. The minimum Gasteiger partial charge on any atom is -0.456 e. The quantitative estimate of drug-likeness (QED) is 0.299. The Morgan fingerprint density at radius 3 is 2.32 bits per heavy atom. The van der Waals surface area contributed by atoms with Gasteiger partial charge in [-0.2, -0.15) is 0 Å². The molecule has 0 radical (unpaired) electrons. The molecule has 31 heavy (non-hydrogen) atoms. The second kappa shape index (κ2) is 8.94. The van der Waals surface area contributed by atoms with E-state index in [-0.39, 0.29) is 58.1 Å². The first-order valence-corrected chi connectivity index (χ1v) is 12.7. The van der Waals surface area contributed by atoms with E-state index in [1.165, 1.54) is 4.90 Å². The molecule has 3 amide bonds. The molecule has 4 rings (SSSR count). The van der Waals surface area contributed by atoms with Crippen molar-refractivity contribution >= 4 is 77.2 Å². The lowest BCUT2D eigenvalue weighted by Gasteiger charge is -2.28. The second-order valence-corrected chi connectivity index (χ2v) is 11.2. The fraction of sp³-hybridized carbons (Fsp3) is 0.524. The lowest BCUT2D eigenvalue weighted by Crippen LogP contribution is -2.37. The van der Waals surface area contributed by atoms with Crippen LogP contribution < -0.4 is 5.32 Å². The molecule has 1 saturated heterocycles. The highest BCUT2D eigenvalue weighted by atomic mass is 79.9. The Morgan fingerprint density at radius 1 is 1.13 bits per heavy atom. The average molecular weight is 621 g/mol. The van der Waals surface area contributed by atoms with E-state index < -0.39 is 18.5 Å². The van der Waals surface area contributed by atoms with Crippen LogP contribution in [0.3, 0.4) is 0 Å². The number of nitrogens with zero attached hydrogens (tertiary/aromatic N) is 1. The van der Waals surface area contributed by atoms with Crippen LogP contribution in [0.15, 0.2) is 22.7 Å². The molecule has 0 unspecified atom stereocenters. The molecule has 1 N–H and O–H groups in total. The number of hydrogen-bond acceptors (Lipinski definition) is 5. The number of hydrogen-bond donors (Lipinski definition) is 1. The first-order valence-electron chi connectivity index (χ1n) is 10.0. The zero-order valence-electron chi connectivity index (χ0n) is 16.6. The summed E-state index contributed by atoms with van der Waals surface area (Å²) in [7, 11) is 0. The van der Waals surface area contributed by atoms with Gasteiger partial charge in [0.2, 0.25) is 11.8 Å². The van der Waals surface area contributed by atoms with Gasteiger partial charge in [0, 0.05) is 26.4 Å². The number of esters is 1. The molecule has 1 aromatic rings. The van der Waals surface area contributed by atoms with Crippen molar-refractivity contribution in [3.05, 3.63) is 28.2 Å². The maximum atomic E-state index is 12.8. The Morgan fingerprint density at radius 2 is 1.74 bits per heavy atom. The summed E-state index contributed by atoms with van der Waals surface area (Å²) < 4.78 is 5.95. The SMILES string of the molecule is Cc1cc(NC(=O)COC(=O)CCN2C(=O)[C@@H]3[C@H]4C[C@@H]([C@H](Br)[C@H]4Br)[C@H]3C2=O)ccc1Br. The highest BCUT2D eigenvalue weighted by Crippen LogP contribution is 2.60. The van der Waals surface area contributed by atoms with Gasteiger partial charge in [-0.05, 0) is 48.9 Å². The van der Waals surface area contributed by atoms with Crippen LogP contribution in [0.25, 0.3) is 0 Å². The largest absolute Gasteiger partial charge is 0.456 e. The molecule has 0 spiro atoms. The van der Waals surface area contributed by atoms with Gasteiger partial charge in [0.15, 0.2) is 6.61 Å². The van der Waals surface area contributed by atoms with Crippen LogP contribution in [-0.4, -0.2) is 51.4 Å². The van der Waals surface area contributed by atoms with E-state index >= 15 is 0 Å². The lowest BCUT2D eigenvalue weighted by molar-refractivity contribution is -0.149. The molecule has 1 aliphatic heterocycles. The maximum Gasteiger partial charge on any atom is 0.308 e. The molecule has 7 nitrogen and oxygen atoms in total. The number of rotatable bonds is 6. The van der Waals surface area contributed by atoms with Gasteiger partial charge in [-0.25, -0.2) is 0 Å². The van der Waals surface area contributed by atoms with Crippen molar-refractivity contribution in [2.24, 2.45) is 23.7 Å². The highest BCUT2D eigenvalue weighted by molar-refractivity contribution is 9.12. The standard InChI is InChI=1S/C21H21Br3N2O5/c1-9-6-10(2-3-13(9)22)25-14(27)8-31-15(28)4-5-26-20(29)16-11-7-12(17(16)21(26)30)19(24)18(11)23/h2-3,6,11-12,16-19H,4-5,7-8H2,1H3,(H,25,27)/t11-,12-,16-,17-,18+,19+/m1/s1. The molecule has 0 aromatic heterocycles. The van der Waals surface area contributed by atoms with Crippen molar-refractivity contribution in [1.29, 1.82) is 0 Å². The molecule has 2 aliphatic carbocycles. The molecule has 1 heterocycles. The summed E-state index contributed by atoms with van der Waals surface area (Å²) in [5.74, 6) is -1.79. The maximum absolute atomic E-state index is 12.8. The Bertz CT molecular complexity index is 923. The molecular formula is C21H21Br3N2O5. The van der Waals surface area contributed by atoms with Crippen LogP contribution in [0.5, 0.6) is 0 Å². The van der Waals surface area contributed by atoms with Gasteiger partial charge in [0.05, 0.1) is 18.3 Å². The summed E-state index contributed by atoms with van der Waals surface area (Å²) in [4.78, 5) is 51.3. The fourth-order valence-electron chi connectivity index (χ4n) is 4.97. The summed E-state index contributed by atoms with van der Waals surface area (Å²) >= 11 is 10.7. The van der Waals surface area contributed by atoms with Crippen molar-refractivity contribution in [2.45, 2.75) is 29.4 Å². The first-order chi connectivity index (χ1) is 14.7. The number of carbonyl (C=O) groups is 4. The predicted octanol–water partition coefficient (Wildman–Crippen LogP) is 3.41. The van der Waals surface area contributed by atoms with Gasteiger partial charge in [-0.3, -0.25) is 24.1 Å². The van der Waals surface area contributed by atoms with E-state index in [1.807, 2.05) is 13.0 Å². The first kappa shape index (κ1) is 22.9. The number of alkyl halides is 2. The number of fused-ring (bicyclic) bond motifs is 5. The van der Waals surface area contributed by atoms with Crippen LogP contribution >= 0.6 is 47.8 Å². The number of carbonyl (C=O) groups excluding carboxylic acids is 4. The molecule has 1 aromatic carbocycles. The number of aryl methyl sites for hydroxylation is 1. The second-order valence-electron chi connectivity index (χ2n) is 8.25. The highest BCUT2D eigenvalue weighted by Gasteiger charge is 2.66. The van der Waals surface area contributed by atoms with Crippen LogP contribution in [-0.2, 0) is 23.9 Å². The van der Waals surface area contributed by atoms with Crippen molar-refractivity contribution < 1.29 is 23.9 Å². The van der Waals surface area contributed by atoms with Gasteiger partial charge in [0.1, 0.15) is 0 Å². The summed E-state index contributed by atoms with van der Waals surface area (Å²) in [5.41, 5.74) is 1.57. The molecular weight excluding hydrogens is 600 g/mol. The molecule has 3 aliphatic rings. The molecule has 166 valence electrons. The number of amides is 3. The van der Waals surface area contributed by atoms with E-state index in [0.29, 0.717) is 5.69 Å². The summed E-state index contributed by atoms with van der Waals surface area (Å²) in [6.07, 6.45) is 0.730. The van der Waals surface area contributed by atoms with Gasteiger partial charge >= 0.3 is 5.97 Å². The van der Waals surface area contributed by atoms with E-state index in [4.69, 9.17) is 4.74 Å². The number of anilines is 1. The summed E-state index contributed by atoms with van der Waals surface area (Å²) in [5, 5.41) is 2.66. The third kappa shape index (κ3) is 4.23. The Balaban J connectivity index is 1.26.